The van der Waals surface area contributed by atoms with E-state index >= 15 is 0 Å². The molecule has 2 aromatic rings. The second kappa shape index (κ2) is 9.99. The largest absolute Gasteiger partial charge is 0.362 e. The van der Waals surface area contributed by atoms with E-state index in [-0.39, 0.29) is 22.7 Å². The Morgan fingerprint density at radius 2 is 1.90 bits per heavy atom. The standard InChI is InChI=1S/C20H24ClFN4O3S/c1-12(2)19(14-6-5-7-15(22)18(14)21)26-17-11-23-16(10-24-17)20(27)25-13(3)8-9-30(4,28)29/h5-13,19H,1-4H3,(H,24,26)(H,25,27)/b9-8+/t13-,19?/m1/s1. The minimum absolute atomic E-state index is 0.0452. The fourth-order valence-electron chi connectivity index (χ4n) is 2.63. The number of hydrogen-bond donors (Lipinski definition) is 2. The highest BCUT2D eigenvalue weighted by molar-refractivity contribution is 7.93. The Morgan fingerprint density at radius 3 is 2.47 bits per heavy atom. The summed E-state index contributed by atoms with van der Waals surface area (Å²) in [7, 11) is -3.27. The SMILES string of the molecule is CC(C)C(Nc1cnc(C(=O)N[C@H](C)/C=C/S(C)(=O)=O)cn1)c1cccc(F)c1Cl. The molecule has 0 aliphatic heterocycles. The van der Waals surface area contributed by atoms with Crippen molar-refractivity contribution >= 4 is 33.2 Å². The number of hydrogen-bond acceptors (Lipinski definition) is 6. The van der Waals surface area contributed by atoms with Gasteiger partial charge in [-0.15, -0.1) is 0 Å². The first kappa shape index (κ1) is 23.8. The van der Waals surface area contributed by atoms with Crippen molar-refractivity contribution in [3.05, 3.63) is 64.2 Å². The Balaban J connectivity index is 2.11. The highest BCUT2D eigenvalue weighted by Crippen LogP contribution is 2.32. The summed E-state index contributed by atoms with van der Waals surface area (Å²) in [5.74, 6) is -0.529. The zero-order chi connectivity index (χ0) is 22.5. The fraction of sp³-hybridized carbons (Fsp3) is 0.350. The molecule has 0 bridgehead atoms. The molecule has 162 valence electrons. The number of carbonyl (C=O) groups excluding carboxylic acids is 1. The molecule has 0 spiro atoms. The molecule has 2 N–H and O–H groups in total. The minimum atomic E-state index is -3.27. The molecule has 1 amide bonds. The summed E-state index contributed by atoms with van der Waals surface area (Å²) in [4.78, 5) is 20.6. The van der Waals surface area contributed by atoms with Crippen molar-refractivity contribution < 1.29 is 17.6 Å². The van der Waals surface area contributed by atoms with Gasteiger partial charge in [0.1, 0.15) is 17.3 Å². The van der Waals surface area contributed by atoms with Crippen LogP contribution in [-0.4, -0.2) is 36.6 Å². The van der Waals surface area contributed by atoms with Crippen molar-refractivity contribution in [2.24, 2.45) is 5.92 Å². The molecule has 0 aliphatic rings. The molecule has 30 heavy (non-hydrogen) atoms. The van der Waals surface area contributed by atoms with Crippen LogP contribution in [0.4, 0.5) is 10.2 Å². The second-order valence-corrected chi connectivity index (χ2v) is 9.53. The van der Waals surface area contributed by atoms with Crippen LogP contribution in [0.25, 0.3) is 0 Å². The molecule has 1 aromatic heterocycles. The predicted octanol–water partition coefficient (Wildman–Crippen LogP) is 3.75. The number of sulfone groups is 1. The second-order valence-electron chi connectivity index (χ2n) is 7.22. The zero-order valence-corrected chi connectivity index (χ0v) is 18.6. The third-order valence-electron chi connectivity index (χ3n) is 4.14. The molecule has 0 fully saturated rings. The number of halogens is 2. The van der Waals surface area contributed by atoms with E-state index < -0.39 is 27.6 Å². The lowest BCUT2D eigenvalue weighted by molar-refractivity contribution is 0.0941. The summed E-state index contributed by atoms with van der Waals surface area (Å²) in [5.41, 5.74) is 0.673. The Labute approximate surface area is 180 Å². The predicted molar refractivity (Wildman–Crippen MR) is 116 cm³/mol. The first-order chi connectivity index (χ1) is 14.0. The van der Waals surface area contributed by atoms with Gasteiger partial charge in [0.05, 0.1) is 23.5 Å². The van der Waals surface area contributed by atoms with E-state index in [9.17, 15) is 17.6 Å². The minimum Gasteiger partial charge on any atom is -0.362 e. The van der Waals surface area contributed by atoms with Crippen molar-refractivity contribution in [3.8, 4) is 0 Å². The van der Waals surface area contributed by atoms with Crippen LogP contribution in [0.3, 0.4) is 0 Å². The molecule has 10 heteroatoms. The molecule has 0 radical (unpaired) electrons. The van der Waals surface area contributed by atoms with Gasteiger partial charge in [-0.2, -0.15) is 0 Å². The number of nitrogens with one attached hydrogen (secondary N) is 2. The molecular weight excluding hydrogens is 431 g/mol. The molecule has 1 aromatic carbocycles. The van der Waals surface area contributed by atoms with Crippen molar-refractivity contribution in [1.82, 2.24) is 15.3 Å². The van der Waals surface area contributed by atoms with E-state index in [1.54, 1.807) is 19.1 Å². The van der Waals surface area contributed by atoms with Crippen LogP contribution >= 0.6 is 11.6 Å². The lowest BCUT2D eigenvalue weighted by Gasteiger charge is -2.24. The lowest BCUT2D eigenvalue weighted by Crippen LogP contribution is -2.32. The number of rotatable bonds is 8. The highest BCUT2D eigenvalue weighted by atomic mass is 35.5. The van der Waals surface area contributed by atoms with Gasteiger partial charge in [0.25, 0.3) is 5.91 Å². The highest BCUT2D eigenvalue weighted by Gasteiger charge is 2.21. The van der Waals surface area contributed by atoms with Crippen LogP contribution in [0.1, 0.15) is 42.9 Å². The van der Waals surface area contributed by atoms with Gasteiger partial charge < -0.3 is 10.6 Å². The van der Waals surface area contributed by atoms with Crippen molar-refractivity contribution in [1.29, 1.82) is 0 Å². The van der Waals surface area contributed by atoms with E-state index in [1.165, 1.54) is 24.5 Å². The number of nitrogens with zero attached hydrogens (tertiary/aromatic N) is 2. The average Bonchev–Trinajstić information content (AvgIpc) is 2.66. The van der Waals surface area contributed by atoms with Crippen molar-refractivity contribution in [2.75, 3.05) is 11.6 Å². The van der Waals surface area contributed by atoms with Crippen LogP contribution in [0.2, 0.25) is 5.02 Å². The Hall–Kier alpha value is -2.52. The molecule has 1 unspecified atom stereocenters. The van der Waals surface area contributed by atoms with E-state index in [1.807, 2.05) is 13.8 Å². The number of aromatic nitrogens is 2. The summed E-state index contributed by atoms with van der Waals surface area (Å²) in [6.07, 6.45) is 5.13. The topological polar surface area (TPSA) is 101 Å². The van der Waals surface area contributed by atoms with Crippen LogP contribution in [0.5, 0.6) is 0 Å². The molecule has 0 saturated heterocycles. The smallest absolute Gasteiger partial charge is 0.271 e. The first-order valence-corrected chi connectivity index (χ1v) is 11.5. The summed E-state index contributed by atoms with van der Waals surface area (Å²) in [5, 5.41) is 6.86. The maximum atomic E-state index is 13.8. The van der Waals surface area contributed by atoms with Crippen LogP contribution in [0, 0.1) is 11.7 Å². The van der Waals surface area contributed by atoms with E-state index in [0.717, 1.165) is 11.7 Å². The maximum Gasteiger partial charge on any atom is 0.271 e. The lowest BCUT2D eigenvalue weighted by atomic mass is 9.96. The van der Waals surface area contributed by atoms with Gasteiger partial charge in [0.2, 0.25) is 0 Å². The normalized spacial score (nSPS) is 14.0. The third kappa shape index (κ3) is 6.77. The van der Waals surface area contributed by atoms with E-state index in [0.29, 0.717) is 11.4 Å². The first-order valence-electron chi connectivity index (χ1n) is 9.19. The molecule has 1 heterocycles. The monoisotopic (exact) mass is 454 g/mol. The van der Waals surface area contributed by atoms with Gasteiger partial charge in [0.15, 0.2) is 9.84 Å². The van der Waals surface area contributed by atoms with Gasteiger partial charge in [-0.1, -0.05) is 43.7 Å². The Morgan fingerprint density at radius 1 is 1.20 bits per heavy atom. The molecule has 0 saturated carbocycles. The number of carbonyl (C=O) groups is 1. The average molecular weight is 455 g/mol. The Kier molecular flexibility index (Phi) is 7.91. The van der Waals surface area contributed by atoms with Crippen molar-refractivity contribution in [2.45, 2.75) is 32.9 Å². The summed E-state index contributed by atoms with van der Waals surface area (Å²) in [6.45, 7) is 5.55. The number of amides is 1. The van der Waals surface area contributed by atoms with E-state index in [2.05, 4.69) is 20.6 Å². The fourth-order valence-corrected chi connectivity index (χ4v) is 3.40. The molecule has 7 nitrogen and oxygen atoms in total. The summed E-state index contributed by atoms with van der Waals surface area (Å²) >= 11 is 6.12. The molecule has 2 rings (SSSR count). The number of benzene rings is 1. The zero-order valence-electron chi connectivity index (χ0n) is 17.1. The maximum absolute atomic E-state index is 13.8. The molecular formula is C20H24ClFN4O3S. The van der Waals surface area contributed by atoms with E-state index in [4.69, 9.17) is 11.6 Å². The summed E-state index contributed by atoms with van der Waals surface area (Å²) in [6, 6.07) is 3.80. The molecule has 2 atom stereocenters. The molecule has 0 aliphatic carbocycles. The van der Waals surface area contributed by atoms with Crippen LogP contribution in [-0.2, 0) is 9.84 Å². The Bertz CT molecular complexity index is 1030. The third-order valence-corrected chi connectivity index (χ3v) is 5.19. The van der Waals surface area contributed by atoms with Crippen LogP contribution in [0.15, 0.2) is 42.1 Å². The van der Waals surface area contributed by atoms with Gasteiger partial charge in [-0.05, 0) is 24.5 Å². The number of anilines is 1. The van der Waals surface area contributed by atoms with Gasteiger partial charge in [-0.25, -0.2) is 22.8 Å². The van der Waals surface area contributed by atoms with Gasteiger partial charge >= 0.3 is 0 Å². The van der Waals surface area contributed by atoms with Crippen LogP contribution < -0.4 is 10.6 Å². The quantitative estimate of drug-likeness (QED) is 0.629. The van der Waals surface area contributed by atoms with Crippen molar-refractivity contribution in [3.63, 3.8) is 0 Å². The van der Waals surface area contributed by atoms with Gasteiger partial charge in [0, 0.05) is 17.7 Å². The van der Waals surface area contributed by atoms with Gasteiger partial charge in [-0.3, -0.25) is 4.79 Å². The summed E-state index contributed by atoms with van der Waals surface area (Å²) < 4.78 is 36.1.